The van der Waals surface area contributed by atoms with Gasteiger partial charge in [-0.15, -0.1) is 0 Å². The molecule has 0 bridgehead atoms. The van der Waals surface area contributed by atoms with Crippen LogP contribution >= 0.6 is 0 Å². The summed E-state index contributed by atoms with van der Waals surface area (Å²) in [5.41, 5.74) is 11.8. The van der Waals surface area contributed by atoms with E-state index in [2.05, 4.69) is 37.0 Å². The van der Waals surface area contributed by atoms with E-state index in [-0.39, 0.29) is 0 Å². The second kappa shape index (κ2) is 5.01. The van der Waals surface area contributed by atoms with E-state index >= 15 is 0 Å². The summed E-state index contributed by atoms with van der Waals surface area (Å²) in [5.74, 6) is 0.669. The molecule has 102 valence electrons. The minimum atomic E-state index is 0.402. The van der Waals surface area contributed by atoms with E-state index in [1.165, 1.54) is 47.0 Å². The van der Waals surface area contributed by atoms with Crippen LogP contribution in [-0.4, -0.2) is 11.0 Å². The van der Waals surface area contributed by atoms with Crippen LogP contribution in [0.15, 0.2) is 18.2 Å². The zero-order chi connectivity index (χ0) is 13.4. The Morgan fingerprint density at radius 2 is 2.16 bits per heavy atom. The fraction of sp³-hybridized carbons (Fsp3) is 0.529. The average molecular weight is 256 g/mol. The minimum Gasteiger partial charge on any atom is -0.358 e. The third-order valence-electron chi connectivity index (χ3n) is 4.81. The number of rotatable bonds is 3. The number of H-pyrrole nitrogens is 1. The monoisotopic (exact) mass is 256 g/mol. The van der Waals surface area contributed by atoms with E-state index in [1.807, 2.05) is 0 Å². The van der Waals surface area contributed by atoms with Crippen LogP contribution in [0.25, 0.3) is 10.9 Å². The first kappa shape index (κ1) is 12.7. The van der Waals surface area contributed by atoms with Crippen molar-refractivity contribution in [3.8, 4) is 0 Å². The Morgan fingerprint density at radius 3 is 2.84 bits per heavy atom. The van der Waals surface area contributed by atoms with Gasteiger partial charge in [-0.2, -0.15) is 0 Å². The Hall–Kier alpha value is -1.28. The number of fused-ring (bicyclic) bond motifs is 1. The molecular formula is C17H24N2. The molecule has 0 amide bonds. The molecule has 1 heterocycles. The molecule has 3 N–H and O–H groups in total. The summed E-state index contributed by atoms with van der Waals surface area (Å²) in [4.78, 5) is 3.59. The van der Waals surface area contributed by atoms with E-state index < -0.39 is 0 Å². The maximum Gasteiger partial charge on any atom is 0.0491 e. The van der Waals surface area contributed by atoms with Crippen LogP contribution in [0.3, 0.4) is 0 Å². The standard InChI is InChI=1S/C17H24N2/c1-3-12-6-4-8-14-15(11(2)19-17(12)14)10-13-7-5-9-16(13)18/h4,6,8,13,16,19H,3,5,7,9-10,18H2,1-2H3. The molecule has 1 aliphatic rings. The lowest BCUT2D eigenvalue weighted by atomic mass is 9.93. The lowest BCUT2D eigenvalue weighted by molar-refractivity contribution is 0.479. The van der Waals surface area contributed by atoms with Gasteiger partial charge in [-0.25, -0.2) is 0 Å². The molecule has 0 aliphatic heterocycles. The maximum absolute atomic E-state index is 6.24. The Labute approximate surface area is 115 Å². The number of aryl methyl sites for hydroxylation is 2. The van der Waals surface area contributed by atoms with Gasteiger partial charge in [0.25, 0.3) is 0 Å². The van der Waals surface area contributed by atoms with E-state index in [9.17, 15) is 0 Å². The SMILES string of the molecule is CCc1cccc2c(CC3CCCC3N)c(C)[nH]c12. The third-order valence-corrected chi connectivity index (χ3v) is 4.81. The molecule has 1 aliphatic carbocycles. The number of aromatic nitrogens is 1. The molecular weight excluding hydrogens is 232 g/mol. The fourth-order valence-electron chi connectivity index (χ4n) is 3.60. The van der Waals surface area contributed by atoms with E-state index in [1.54, 1.807) is 0 Å². The molecule has 1 aromatic heterocycles. The molecule has 2 aromatic rings. The second-order valence-electron chi connectivity index (χ2n) is 5.98. The first-order valence-corrected chi connectivity index (χ1v) is 7.55. The normalized spacial score (nSPS) is 23.3. The lowest BCUT2D eigenvalue weighted by Gasteiger charge is -2.15. The Bertz CT molecular complexity index is 582. The molecule has 3 rings (SSSR count). The quantitative estimate of drug-likeness (QED) is 0.863. The zero-order valence-electron chi connectivity index (χ0n) is 12.0. The molecule has 0 radical (unpaired) electrons. The Morgan fingerprint density at radius 1 is 1.32 bits per heavy atom. The Balaban J connectivity index is 2.01. The molecule has 2 heteroatoms. The van der Waals surface area contributed by atoms with Crippen molar-refractivity contribution in [3.05, 3.63) is 35.0 Å². The second-order valence-corrected chi connectivity index (χ2v) is 5.98. The van der Waals surface area contributed by atoms with Crippen LogP contribution in [0.2, 0.25) is 0 Å². The van der Waals surface area contributed by atoms with Crippen LogP contribution in [0.1, 0.15) is 43.0 Å². The van der Waals surface area contributed by atoms with Crippen LogP contribution in [0.5, 0.6) is 0 Å². The van der Waals surface area contributed by atoms with Crippen molar-refractivity contribution in [2.24, 2.45) is 11.7 Å². The molecule has 1 aromatic carbocycles. The highest BCUT2D eigenvalue weighted by molar-refractivity contribution is 5.87. The largest absolute Gasteiger partial charge is 0.358 e. The number of benzene rings is 1. The zero-order valence-corrected chi connectivity index (χ0v) is 12.0. The molecule has 2 nitrogen and oxygen atoms in total. The highest BCUT2D eigenvalue weighted by atomic mass is 14.7. The predicted molar refractivity (Wildman–Crippen MR) is 81.4 cm³/mol. The first-order chi connectivity index (χ1) is 9.20. The summed E-state index contributed by atoms with van der Waals surface area (Å²) in [6.07, 6.45) is 6.01. The molecule has 0 saturated heterocycles. The predicted octanol–water partition coefficient (Wildman–Crippen LogP) is 3.71. The number of hydrogen-bond donors (Lipinski definition) is 2. The van der Waals surface area contributed by atoms with Crippen molar-refractivity contribution in [3.63, 3.8) is 0 Å². The smallest absolute Gasteiger partial charge is 0.0491 e. The lowest BCUT2D eigenvalue weighted by Crippen LogP contribution is -2.25. The number of aromatic amines is 1. The van der Waals surface area contributed by atoms with E-state index in [4.69, 9.17) is 5.73 Å². The molecule has 1 saturated carbocycles. The van der Waals surface area contributed by atoms with E-state index in [0.29, 0.717) is 12.0 Å². The van der Waals surface area contributed by atoms with Gasteiger partial charge in [-0.1, -0.05) is 31.5 Å². The summed E-state index contributed by atoms with van der Waals surface area (Å²) < 4.78 is 0. The topological polar surface area (TPSA) is 41.8 Å². The summed E-state index contributed by atoms with van der Waals surface area (Å²) in [5, 5.41) is 1.41. The number of para-hydroxylation sites is 1. The summed E-state index contributed by atoms with van der Waals surface area (Å²) in [7, 11) is 0. The van der Waals surface area contributed by atoms with E-state index in [0.717, 1.165) is 12.8 Å². The van der Waals surface area contributed by atoms with Crippen molar-refractivity contribution in [2.75, 3.05) is 0 Å². The van der Waals surface area contributed by atoms with Crippen LogP contribution in [0, 0.1) is 12.8 Å². The van der Waals surface area contributed by atoms with Gasteiger partial charge >= 0.3 is 0 Å². The van der Waals surface area contributed by atoms with Crippen molar-refractivity contribution >= 4 is 10.9 Å². The highest BCUT2D eigenvalue weighted by Gasteiger charge is 2.25. The maximum atomic E-state index is 6.24. The average Bonchev–Trinajstić information content (AvgIpc) is 2.95. The van der Waals surface area contributed by atoms with Crippen LogP contribution in [0.4, 0.5) is 0 Å². The summed E-state index contributed by atoms with van der Waals surface area (Å²) in [6.45, 7) is 4.42. The molecule has 2 unspecified atom stereocenters. The van der Waals surface area contributed by atoms with Crippen LogP contribution < -0.4 is 5.73 Å². The van der Waals surface area contributed by atoms with Crippen molar-refractivity contribution in [1.29, 1.82) is 0 Å². The van der Waals surface area contributed by atoms with Gasteiger partial charge in [0.15, 0.2) is 0 Å². The number of nitrogens with two attached hydrogens (primary N) is 1. The fourth-order valence-corrected chi connectivity index (χ4v) is 3.60. The van der Waals surface area contributed by atoms with Gasteiger partial charge in [-0.05, 0) is 49.7 Å². The Kier molecular flexibility index (Phi) is 3.36. The summed E-state index contributed by atoms with van der Waals surface area (Å²) in [6, 6.07) is 7.07. The highest BCUT2D eigenvalue weighted by Crippen LogP contribution is 2.32. The molecule has 19 heavy (non-hydrogen) atoms. The van der Waals surface area contributed by atoms with Gasteiger partial charge in [0, 0.05) is 22.6 Å². The number of hydrogen-bond acceptors (Lipinski definition) is 1. The van der Waals surface area contributed by atoms with Gasteiger partial charge in [0.05, 0.1) is 0 Å². The number of nitrogens with one attached hydrogen (secondary N) is 1. The first-order valence-electron chi connectivity index (χ1n) is 7.55. The summed E-state index contributed by atoms with van der Waals surface area (Å²) >= 11 is 0. The van der Waals surface area contributed by atoms with Gasteiger partial charge in [0.2, 0.25) is 0 Å². The van der Waals surface area contributed by atoms with Gasteiger partial charge in [0.1, 0.15) is 0 Å². The molecule has 1 fully saturated rings. The van der Waals surface area contributed by atoms with Crippen molar-refractivity contribution in [1.82, 2.24) is 4.98 Å². The third kappa shape index (κ3) is 2.18. The van der Waals surface area contributed by atoms with Gasteiger partial charge in [-0.3, -0.25) is 0 Å². The van der Waals surface area contributed by atoms with Crippen molar-refractivity contribution < 1.29 is 0 Å². The molecule has 2 atom stereocenters. The minimum absolute atomic E-state index is 0.402. The van der Waals surface area contributed by atoms with Crippen molar-refractivity contribution in [2.45, 2.75) is 52.0 Å². The van der Waals surface area contributed by atoms with Gasteiger partial charge < -0.3 is 10.7 Å². The van der Waals surface area contributed by atoms with Crippen LogP contribution in [-0.2, 0) is 12.8 Å². The molecule has 0 spiro atoms.